The summed E-state index contributed by atoms with van der Waals surface area (Å²) >= 11 is 0. The van der Waals surface area contributed by atoms with E-state index in [4.69, 9.17) is 0 Å². The molecule has 0 saturated carbocycles. The van der Waals surface area contributed by atoms with E-state index < -0.39 is 5.97 Å². The number of carboxylic acids is 1. The number of aromatic carboxylic acids is 1. The molecule has 7 aromatic carbocycles. The van der Waals surface area contributed by atoms with E-state index in [-0.39, 0.29) is 16.9 Å². The minimum absolute atomic E-state index is 0.0255. The number of carbonyl (C=O) groups is 2. The normalized spacial score (nSPS) is 12.3. The molecule has 3 nitrogen and oxygen atoms in total. The number of hydrogen-bond acceptors (Lipinski definition) is 2. The summed E-state index contributed by atoms with van der Waals surface area (Å²) in [6.07, 6.45) is 0. The van der Waals surface area contributed by atoms with Gasteiger partial charge in [0.1, 0.15) is 0 Å². The molecule has 0 aromatic heterocycles. The molecule has 0 fully saturated rings. The summed E-state index contributed by atoms with van der Waals surface area (Å²) < 4.78 is 0. The molecule has 0 aliphatic carbocycles. The van der Waals surface area contributed by atoms with Crippen molar-refractivity contribution in [3.63, 3.8) is 0 Å². The van der Waals surface area contributed by atoms with Crippen LogP contribution < -0.4 is 0 Å². The van der Waals surface area contributed by atoms with Crippen molar-refractivity contribution in [2.24, 2.45) is 0 Å². The Bertz CT molecular complexity index is 1780. The van der Waals surface area contributed by atoms with Crippen LogP contribution in [-0.2, 0) is 0 Å². The molecule has 0 amide bonds. The third-order valence-electron chi connectivity index (χ3n) is 6.67. The summed E-state index contributed by atoms with van der Waals surface area (Å²) in [7, 11) is 0. The lowest BCUT2D eigenvalue weighted by molar-refractivity contribution is 0.0693. The highest BCUT2D eigenvalue weighted by Gasteiger charge is 2.25. The van der Waals surface area contributed by atoms with E-state index in [2.05, 4.69) is 42.5 Å². The van der Waals surface area contributed by atoms with Crippen molar-refractivity contribution >= 4 is 65.6 Å². The van der Waals surface area contributed by atoms with Gasteiger partial charge in [-0.3, -0.25) is 4.79 Å². The predicted octanol–water partition coefficient (Wildman–Crippen LogP) is 6.70. The Morgan fingerprint density at radius 2 is 1.00 bits per heavy atom. The summed E-state index contributed by atoms with van der Waals surface area (Å²) in [6, 6.07) is 25.2. The van der Waals surface area contributed by atoms with Gasteiger partial charge in [-0.05, 0) is 66.0 Å². The molecule has 0 radical (unpaired) electrons. The van der Waals surface area contributed by atoms with Crippen molar-refractivity contribution in [1.82, 2.24) is 0 Å². The second-order valence-electron chi connectivity index (χ2n) is 8.18. The molecular weight excluding hydrogens is 384 g/mol. The van der Waals surface area contributed by atoms with Crippen molar-refractivity contribution < 1.29 is 14.7 Å². The van der Waals surface area contributed by atoms with Gasteiger partial charge in [0.05, 0.1) is 5.56 Å². The highest BCUT2D eigenvalue weighted by molar-refractivity contribution is 6.45. The molecule has 0 atom stereocenters. The van der Waals surface area contributed by atoms with Crippen molar-refractivity contribution in [1.29, 1.82) is 0 Å². The van der Waals surface area contributed by atoms with Gasteiger partial charge in [0, 0.05) is 11.1 Å². The molecule has 31 heavy (non-hydrogen) atoms. The molecule has 0 aliphatic heterocycles. The van der Waals surface area contributed by atoms with E-state index in [0.29, 0.717) is 5.56 Å². The van der Waals surface area contributed by atoms with Gasteiger partial charge in [-0.2, -0.15) is 0 Å². The molecule has 0 heterocycles. The molecule has 1 N–H and O–H groups in total. The van der Waals surface area contributed by atoms with E-state index in [0.717, 1.165) is 21.5 Å². The van der Waals surface area contributed by atoms with Gasteiger partial charge in [0.25, 0.3) is 0 Å². The average molecular weight is 398 g/mol. The minimum Gasteiger partial charge on any atom is -0.478 e. The second-order valence-corrected chi connectivity index (χ2v) is 8.18. The zero-order chi connectivity index (χ0) is 20.9. The summed E-state index contributed by atoms with van der Waals surface area (Å²) in [6.45, 7) is 0. The number of carbonyl (C=O) groups excluding carboxylic acids is 1. The first kappa shape index (κ1) is 16.5. The SMILES string of the molecule is O=C(O)c1ccccc1C(=O)c1cc2ccc3ccc4ccc5ccc1c1c5c4c3c21. The smallest absolute Gasteiger partial charge is 0.336 e. The van der Waals surface area contributed by atoms with Gasteiger partial charge in [0.2, 0.25) is 0 Å². The van der Waals surface area contributed by atoms with E-state index >= 15 is 0 Å². The lowest BCUT2D eigenvalue weighted by Crippen LogP contribution is -2.10. The Balaban J connectivity index is 1.68. The van der Waals surface area contributed by atoms with E-state index in [1.165, 1.54) is 38.4 Å². The monoisotopic (exact) mass is 398 g/mol. The lowest BCUT2D eigenvalue weighted by Gasteiger charge is -2.11. The maximum absolute atomic E-state index is 13.6. The maximum Gasteiger partial charge on any atom is 0.336 e. The summed E-state index contributed by atoms with van der Waals surface area (Å²) in [5.74, 6) is -1.36. The summed E-state index contributed by atoms with van der Waals surface area (Å²) in [5, 5.41) is 21.0. The van der Waals surface area contributed by atoms with Crippen molar-refractivity contribution in [2.75, 3.05) is 0 Å². The topological polar surface area (TPSA) is 54.4 Å². The number of rotatable bonds is 3. The van der Waals surface area contributed by atoms with Gasteiger partial charge < -0.3 is 5.11 Å². The second kappa shape index (κ2) is 5.46. The zero-order valence-corrected chi connectivity index (χ0v) is 16.3. The molecule has 0 saturated heterocycles. The van der Waals surface area contributed by atoms with E-state index in [9.17, 15) is 14.7 Å². The van der Waals surface area contributed by atoms with Gasteiger partial charge in [-0.25, -0.2) is 4.79 Å². The first-order valence-electron chi connectivity index (χ1n) is 10.2. The Hall–Kier alpha value is -4.24. The summed E-state index contributed by atoms with van der Waals surface area (Å²) in [4.78, 5) is 25.4. The molecular formula is C28H14O3. The van der Waals surface area contributed by atoms with Crippen LogP contribution in [0, 0.1) is 0 Å². The minimum atomic E-state index is -1.10. The largest absolute Gasteiger partial charge is 0.478 e. The maximum atomic E-state index is 13.6. The van der Waals surface area contributed by atoms with Crippen LogP contribution in [0.5, 0.6) is 0 Å². The standard InChI is InChI=1S/C28H14O3/c29-27(19-3-1-2-4-20(19)28(30)31)21-13-17-10-9-15-6-5-14-7-8-16-11-12-18(21)26-24(16)22(14)23(15)25(17)26/h1-13H,(H,30,31). The number of hydrogen-bond donors (Lipinski definition) is 1. The Labute approximate surface area is 176 Å². The molecule has 0 aliphatic rings. The highest BCUT2D eigenvalue weighted by atomic mass is 16.4. The van der Waals surface area contributed by atoms with Gasteiger partial charge in [0.15, 0.2) is 5.78 Å². The molecule has 0 unspecified atom stereocenters. The van der Waals surface area contributed by atoms with Gasteiger partial charge in [-0.1, -0.05) is 66.7 Å². The quantitative estimate of drug-likeness (QED) is 0.266. The van der Waals surface area contributed by atoms with Crippen molar-refractivity contribution in [3.05, 3.63) is 95.6 Å². The summed E-state index contributed by atoms with van der Waals surface area (Å²) in [5.41, 5.74) is 0.784. The average Bonchev–Trinajstić information content (AvgIpc) is 3.17. The van der Waals surface area contributed by atoms with Gasteiger partial charge >= 0.3 is 5.97 Å². The molecule has 7 aromatic rings. The van der Waals surface area contributed by atoms with Crippen LogP contribution in [-0.4, -0.2) is 16.9 Å². The van der Waals surface area contributed by atoms with Crippen molar-refractivity contribution in [2.45, 2.75) is 0 Å². The first-order valence-corrected chi connectivity index (χ1v) is 10.2. The van der Waals surface area contributed by atoms with E-state index in [1.807, 2.05) is 12.1 Å². The van der Waals surface area contributed by atoms with Crippen LogP contribution in [0.25, 0.3) is 53.9 Å². The predicted molar refractivity (Wildman–Crippen MR) is 124 cm³/mol. The van der Waals surface area contributed by atoms with Crippen LogP contribution in [0.1, 0.15) is 26.3 Å². The lowest BCUT2D eigenvalue weighted by atomic mass is 9.90. The number of benzene rings is 6. The third-order valence-corrected chi connectivity index (χ3v) is 6.67. The molecule has 7 rings (SSSR count). The number of carboxylic acid groups (broad SMARTS) is 1. The van der Waals surface area contributed by atoms with Crippen LogP contribution in [0.15, 0.2) is 78.9 Å². The molecule has 0 bridgehead atoms. The zero-order valence-electron chi connectivity index (χ0n) is 16.3. The Morgan fingerprint density at radius 1 is 0.516 bits per heavy atom. The van der Waals surface area contributed by atoms with Crippen LogP contribution in [0.2, 0.25) is 0 Å². The third kappa shape index (κ3) is 1.93. The van der Waals surface area contributed by atoms with Crippen LogP contribution in [0.4, 0.5) is 0 Å². The van der Waals surface area contributed by atoms with Gasteiger partial charge in [-0.15, -0.1) is 0 Å². The van der Waals surface area contributed by atoms with E-state index in [1.54, 1.807) is 18.2 Å². The van der Waals surface area contributed by atoms with Crippen LogP contribution in [0.3, 0.4) is 0 Å². The molecule has 3 heteroatoms. The Kier molecular flexibility index (Phi) is 2.92. The highest BCUT2D eigenvalue weighted by Crippen LogP contribution is 2.48. The Morgan fingerprint density at radius 3 is 1.61 bits per heavy atom. The fourth-order valence-corrected chi connectivity index (χ4v) is 5.37. The first-order chi connectivity index (χ1) is 15.1. The molecule has 144 valence electrons. The molecule has 0 spiro atoms. The fraction of sp³-hybridized carbons (Fsp3) is 0. The van der Waals surface area contributed by atoms with Crippen LogP contribution >= 0.6 is 0 Å². The van der Waals surface area contributed by atoms with Crippen molar-refractivity contribution in [3.8, 4) is 0 Å². The number of ketones is 1. The fourth-order valence-electron chi connectivity index (χ4n) is 5.37.